The van der Waals surface area contributed by atoms with Crippen molar-refractivity contribution in [3.63, 3.8) is 0 Å². The molecule has 102 valence electrons. The van der Waals surface area contributed by atoms with Crippen molar-refractivity contribution in [1.29, 1.82) is 0 Å². The van der Waals surface area contributed by atoms with E-state index in [4.69, 9.17) is 0 Å². The summed E-state index contributed by atoms with van der Waals surface area (Å²) in [4.78, 5) is 1.01. The topological polar surface area (TPSA) is 50.4 Å². The van der Waals surface area contributed by atoms with Crippen molar-refractivity contribution in [2.75, 3.05) is 0 Å². The molecule has 0 unspecified atom stereocenters. The smallest absolute Gasteiger partial charge is 0.200 e. The van der Waals surface area contributed by atoms with E-state index in [-0.39, 0.29) is 0 Å². The van der Waals surface area contributed by atoms with Gasteiger partial charge in [-0.25, -0.2) is 0 Å². The Morgan fingerprint density at radius 2 is 1.95 bits per heavy atom. The lowest BCUT2D eigenvalue weighted by atomic mass is 10.1. The summed E-state index contributed by atoms with van der Waals surface area (Å²) in [7, 11) is 0. The van der Waals surface area contributed by atoms with Crippen LogP contribution >= 0.6 is 11.8 Å². The Labute approximate surface area is 121 Å². The Balaban J connectivity index is 1.99. The highest BCUT2D eigenvalue weighted by Crippen LogP contribution is 2.33. The third-order valence-corrected chi connectivity index (χ3v) is 4.20. The van der Waals surface area contributed by atoms with Gasteiger partial charge in [-0.15, -0.1) is 10.2 Å². The molecule has 0 saturated heterocycles. The predicted molar refractivity (Wildman–Crippen MR) is 78.8 cm³/mol. The summed E-state index contributed by atoms with van der Waals surface area (Å²) >= 11 is 1.52. The summed E-state index contributed by atoms with van der Waals surface area (Å²) in [6.45, 7) is 1.97. The van der Waals surface area contributed by atoms with Crippen LogP contribution in [0.5, 0.6) is 0 Å². The maximum atomic E-state index is 10.1. The first kappa shape index (κ1) is 13.1. The maximum Gasteiger partial charge on any atom is 0.200 e. The lowest BCUT2D eigenvalue weighted by molar-refractivity contribution is 0.171. The Hall–Kier alpha value is -1.85. The minimum Gasteiger partial charge on any atom is -0.388 e. The molecule has 4 nitrogen and oxygen atoms in total. The van der Waals surface area contributed by atoms with E-state index in [9.17, 15) is 5.11 Å². The molecule has 0 aliphatic carbocycles. The fourth-order valence-electron chi connectivity index (χ4n) is 2.06. The van der Waals surface area contributed by atoms with Gasteiger partial charge >= 0.3 is 0 Å². The van der Waals surface area contributed by atoms with Gasteiger partial charge in [-0.1, -0.05) is 31.2 Å². The van der Waals surface area contributed by atoms with Gasteiger partial charge < -0.3 is 5.11 Å². The quantitative estimate of drug-likeness (QED) is 0.799. The third-order valence-electron chi connectivity index (χ3n) is 3.15. The van der Waals surface area contributed by atoms with Gasteiger partial charge in [-0.3, -0.25) is 4.40 Å². The SMILES string of the molecule is CC[C@H](O)c1ccccc1Sc1nnc2ccccn12. The highest BCUT2D eigenvalue weighted by Gasteiger charge is 2.13. The molecular weight excluding hydrogens is 270 g/mol. The molecule has 1 aromatic carbocycles. The molecule has 0 fully saturated rings. The van der Waals surface area contributed by atoms with Crippen LogP contribution in [0.2, 0.25) is 0 Å². The number of hydrogen-bond donors (Lipinski definition) is 1. The van der Waals surface area contributed by atoms with Crippen LogP contribution in [0.4, 0.5) is 0 Å². The molecule has 2 aromatic heterocycles. The number of nitrogens with zero attached hydrogens (tertiary/aromatic N) is 3. The summed E-state index contributed by atoms with van der Waals surface area (Å²) in [5, 5.41) is 19.2. The molecule has 20 heavy (non-hydrogen) atoms. The second-order valence-electron chi connectivity index (χ2n) is 4.48. The fraction of sp³-hybridized carbons (Fsp3) is 0.200. The molecule has 0 aliphatic rings. The fourth-order valence-corrected chi connectivity index (χ4v) is 3.06. The number of fused-ring (bicyclic) bond motifs is 1. The zero-order chi connectivity index (χ0) is 13.9. The molecular formula is C15H15N3OS. The van der Waals surface area contributed by atoms with Gasteiger partial charge in [0.25, 0.3) is 0 Å². The largest absolute Gasteiger partial charge is 0.388 e. The van der Waals surface area contributed by atoms with Crippen LogP contribution in [-0.4, -0.2) is 19.7 Å². The lowest BCUT2D eigenvalue weighted by Crippen LogP contribution is -1.97. The predicted octanol–water partition coefficient (Wildman–Crippen LogP) is 3.32. The monoisotopic (exact) mass is 285 g/mol. The zero-order valence-corrected chi connectivity index (χ0v) is 11.9. The first-order chi connectivity index (χ1) is 9.79. The van der Waals surface area contributed by atoms with Crippen molar-refractivity contribution in [2.45, 2.75) is 29.5 Å². The molecule has 0 aliphatic heterocycles. The molecule has 0 radical (unpaired) electrons. The van der Waals surface area contributed by atoms with E-state index in [1.165, 1.54) is 11.8 Å². The van der Waals surface area contributed by atoms with Crippen molar-refractivity contribution < 1.29 is 5.11 Å². The highest BCUT2D eigenvalue weighted by molar-refractivity contribution is 7.99. The molecule has 0 amide bonds. The lowest BCUT2D eigenvalue weighted by Gasteiger charge is -2.12. The van der Waals surface area contributed by atoms with Crippen molar-refractivity contribution in [2.24, 2.45) is 0 Å². The van der Waals surface area contributed by atoms with Crippen LogP contribution in [0.1, 0.15) is 25.0 Å². The second kappa shape index (κ2) is 5.64. The average molecular weight is 285 g/mol. The zero-order valence-electron chi connectivity index (χ0n) is 11.1. The van der Waals surface area contributed by atoms with Crippen LogP contribution in [0.3, 0.4) is 0 Å². The summed E-state index contributed by atoms with van der Waals surface area (Å²) in [6.07, 6.45) is 2.19. The summed E-state index contributed by atoms with van der Waals surface area (Å²) in [5.41, 5.74) is 1.76. The van der Waals surface area contributed by atoms with E-state index in [1.54, 1.807) is 0 Å². The van der Waals surface area contributed by atoms with Crippen molar-refractivity contribution in [3.8, 4) is 0 Å². The molecule has 2 heterocycles. The first-order valence-corrected chi connectivity index (χ1v) is 7.36. The molecule has 1 atom stereocenters. The molecule has 0 spiro atoms. The minimum absolute atomic E-state index is 0.446. The van der Waals surface area contributed by atoms with E-state index in [0.717, 1.165) is 21.3 Å². The standard InChI is InChI=1S/C15H15N3OS/c1-2-12(19)11-7-3-4-8-13(11)20-15-17-16-14-9-5-6-10-18(14)15/h3-10,12,19H,2H2,1H3/t12-/m0/s1. The number of benzene rings is 1. The Bertz CT molecular complexity index is 726. The number of hydrogen-bond acceptors (Lipinski definition) is 4. The Morgan fingerprint density at radius 1 is 1.15 bits per heavy atom. The molecule has 1 N–H and O–H groups in total. The van der Waals surface area contributed by atoms with Crippen LogP contribution in [0.15, 0.2) is 58.7 Å². The van der Waals surface area contributed by atoms with E-state index in [0.29, 0.717) is 6.42 Å². The van der Waals surface area contributed by atoms with Crippen LogP contribution in [0.25, 0.3) is 5.65 Å². The Kier molecular flexibility index (Phi) is 3.71. The number of aliphatic hydroxyl groups is 1. The normalized spacial score (nSPS) is 12.7. The summed E-state index contributed by atoms with van der Waals surface area (Å²) in [5.74, 6) is 0. The van der Waals surface area contributed by atoms with E-state index in [1.807, 2.05) is 60.0 Å². The van der Waals surface area contributed by atoms with Gasteiger partial charge in [-0.05, 0) is 41.9 Å². The van der Waals surface area contributed by atoms with Gasteiger partial charge in [0, 0.05) is 11.1 Å². The van der Waals surface area contributed by atoms with Crippen LogP contribution < -0.4 is 0 Å². The average Bonchev–Trinajstić information content (AvgIpc) is 2.90. The summed E-state index contributed by atoms with van der Waals surface area (Å²) in [6, 6.07) is 13.7. The van der Waals surface area contributed by atoms with Crippen molar-refractivity contribution in [3.05, 3.63) is 54.2 Å². The van der Waals surface area contributed by atoms with E-state index in [2.05, 4.69) is 10.2 Å². The molecule has 5 heteroatoms. The minimum atomic E-state index is -0.446. The van der Waals surface area contributed by atoms with E-state index < -0.39 is 6.10 Å². The first-order valence-electron chi connectivity index (χ1n) is 6.54. The number of rotatable bonds is 4. The molecule has 0 bridgehead atoms. The van der Waals surface area contributed by atoms with Crippen LogP contribution in [0, 0.1) is 0 Å². The molecule has 0 saturated carbocycles. The van der Waals surface area contributed by atoms with Crippen molar-refractivity contribution in [1.82, 2.24) is 14.6 Å². The van der Waals surface area contributed by atoms with Gasteiger partial charge in [0.1, 0.15) is 0 Å². The number of aliphatic hydroxyl groups excluding tert-OH is 1. The second-order valence-corrected chi connectivity index (χ2v) is 5.48. The number of pyridine rings is 1. The van der Waals surface area contributed by atoms with Crippen molar-refractivity contribution >= 4 is 17.4 Å². The highest BCUT2D eigenvalue weighted by atomic mass is 32.2. The number of aromatic nitrogens is 3. The third kappa shape index (κ3) is 2.42. The summed E-state index contributed by atoms with van der Waals surface area (Å²) < 4.78 is 1.94. The Morgan fingerprint density at radius 3 is 2.80 bits per heavy atom. The van der Waals surface area contributed by atoms with Gasteiger partial charge in [-0.2, -0.15) is 0 Å². The molecule has 3 aromatic rings. The van der Waals surface area contributed by atoms with Gasteiger partial charge in [0.2, 0.25) is 0 Å². The molecule has 3 rings (SSSR count). The maximum absolute atomic E-state index is 10.1. The van der Waals surface area contributed by atoms with E-state index >= 15 is 0 Å². The van der Waals surface area contributed by atoms with Gasteiger partial charge in [0.15, 0.2) is 10.8 Å². The van der Waals surface area contributed by atoms with Crippen LogP contribution in [-0.2, 0) is 0 Å². The van der Waals surface area contributed by atoms with Gasteiger partial charge in [0.05, 0.1) is 6.10 Å².